The lowest BCUT2D eigenvalue weighted by Gasteiger charge is -2.20. The van der Waals surface area contributed by atoms with Gasteiger partial charge in [0, 0.05) is 19.2 Å². The molecule has 0 fully saturated rings. The fourth-order valence-electron chi connectivity index (χ4n) is 2.92. The highest BCUT2D eigenvalue weighted by Gasteiger charge is 2.31. The highest BCUT2D eigenvalue weighted by atomic mass is 16.5. The maximum absolute atomic E-state index is 12.5. The lowest BCUT2D eigenvalue weighted by atomic mass is 10.1. The molecule has 0 unspecified atom stereocenters. The second kappa shape index (κ2) is 6.97. The number of aryl methyl sites for hydroxylation is 2. The number of fused-ring (bicyclic) bond motifs is 1. The molecule has 5 heteroatoms. The summed E-state index contributed by atoms with van der Waals surface area (Å²) in [4.78, 5) is 26.2. The molecule has 0 spiro atoms. The van der Waals surface area contributed by atoms with Crippen molar-refractivity contribution in [3.8, 4) is 5.75 Å². The van der Waals surface area contributed by atoms with Gasteiger partial charge in [0.2, 0.25) is 5.91 Å². The summed E-state index contributed by atoms with van der Waals surface area (Å²) in [5, 5.41) is 2.87. The average molecular weight is 338 g/mol. The number of nitrogens with zero attached hydrogens (tertiary/aromatic N) is 1. The van der Waals surface area contributed by atoms with E-state index in [9.17, 15) is 9.59 Å². The van der Waals surface area contributed by atoms with Gasteiger partial charge in [-0.25, -0.2) is 0 Å². The number of hydrogen-bond donors (Lipinski definition) is 1. The van der Waals surface area contributed by atoms with Crippen LogP contribution in [0.25, 0.3) is 0 Å². The molecule has 0 saturated carbocycles. The van der Waals surface area contributed by atoms with E-state index in [-0.39, 0.29) is 18.4 Å². The summed E-state index contributed by atoms with van der Waals surface area (Å²) in [6.45, 7) is 3.90. The van der Waals surface area contributed by atoms with E-state index in [1.165, 1.54) is 4.90 Å². The molecule has 1 aliphatic heterocycles. The lowest BCUT2D eigenvalue weighted by Crippen LogP contribution is -2.42. The van der Waals surface area contributed by atoms with Crippen molar-refractivity contribution in [1.82, 2.24) is 4.90 Å². The van der Waals surface area contributed by atoms with Gasteiger partial charge in [0.25, 0.3) is 5.91 Å². The molecule has 130 valence electrons. The third kappa shape index (κ3) is 3.82. The molecule has 5 nitrogen and oxygen atoms in total. The van der Waals surface area contributed by atoms with Gasteiger partial charge in [0.15, 0.2) is 6.10 Å². The van der Waals surface area contributed by atoms with Crippen LogP contribution in [0.15, 0.2) is 42.5 Å². The number of amides is 2. The highest BCUT2D eigenvalue weighted by molar-refractivity contribution is 5.95. The van der Waals surface area contributed by atoms with Gasteiger partial charge in [0.1, 0.15) is 5.75 Å². The van der Waals surface area contributed by atoms with E-state index < -0.39 is 6.10 Å². The largest absolute Gasteiger partial charge is 0.480 e. The van der Waals surface area contributed by atoms with E-state index >= 15 is 0 Å². The average Bonchev–Trinajstić information content (AvgIpc) is 3.01. The Kier molecular flexibility index (Phi) is 4.74. The van der Waals surface area contributed by atoms with Crippen LogP contribution in [0.4, 0.5) is 5.69 Å². The van der Waals surface area contributed by atoms with Gasteiger partial charge in [-0.1, -0.05) is 30.3 Å². The quantitative estimate of drug-likeness (QED) is 0.932. The van der Waals surface area contributed by atoms with Gasteiger partial charge in [0.05, 0.1) is 6.54 Å². The summed E-state index contributed by atoms with van der Waals surface area (Å²) in [5.41, 5.74) is 3.86. The van der Waals surface area contributed by atoms with E-state index in [0.29, 0.717) is 6.42 Å². The molecule has 1 atom stereocenters. The molecular formula is C20H22N2O3. The van der Waals surface area contributed by atoms with E-state index in [0.717, 1.165) is 28.1 Å². The van der Waals surface area contributed by atoms with Crippen LogP contribution in [0.2, 0.25) is 0 Å². The minimum absolute atomic E-state index is 0.0115. The monoisotopic (exact) mass is 338 g/mol. The van der Waals surface area contributed by atoms with Gasteiger partial charge < -0.3 is 15.0 Å². The Morgan fingerprint density at radius 1 is 1.20 bits per heavy atom. The van der Waals surface area contributed by atoms with Gasteiger partial charge in [-0.3, -0.25) is 9.59 Å². The van der Waals surface area contributed by atoms with Crippen LogP contribution in [0, 0.1) is 13.8 Å². The van der Waals surface area contributed by atoms with E-state index in [1.807, 2.05) is 56.3 Å². The van der Waals surface area contributed by atoms with Crippen molar-refractivity contribution < 1.29 is 14.3 Å². The Morgan fingerprint density at radius 2 is 1.96 bits per heavy atom. The predicted octanol–water partition coefficient (Wildman–Crippen LogP) is 2.70. The molecule has 0 aliphatic carbocycles. The van der Waals surface area contributed by atoms with Gasteiger partial charge in [-0.2, -0.15) is 0 Å². The molecule has 0 bridgehead atoms. The molecule has 3 rings (SSSR count). The minimum Gasteiger partial charge on any atom is -0.480 e. The summed E-state index contributed by atoms with van der Waals surface area (Å²) in [6, 6.07) is 13.5. The number of likely N-dealkylation sites (N-methyl/N-ethyl adjacent to an activating group) is 1. The lowest BCUT2D eigenvalue weighted by molar-refractivity contribution is -0.139. The minimum atomic E-state index is -0.559. The number of hydrogen-bond acceptors (Lipinski definition) is 3. The zero-order valence-corrected chi connectivity index (χ0v) is 14.7. The number of nitrogens with one attached hydrogen (secondary N) is 1. The molecule has 0 aromatic heterocycles. The zero-order chi connectivity index (χ0) is 18.0. The van der Waals surface area contributed by atoms with Crippen LogP contribution in [0.5, 0.6) is 5.75 Å². The standard InChI is InChI=1S/C20H22N2O3/c1-13-8-9-14(2)16(10-13)21-19(23)12-22(3)20(24)18-11-15-6-4-5-7-17(15)25-18/h4-10,18H,11-12H2,1-3H3,(H,21,23)/t18-/m1/s1. The van der Waals surface area contributed by atoms with Crippen molar-refractivity contribution in [2.75, 3.05) is 18.9 Å². The first-order valence-corrected chi connectivity index (χ1v) is 8.30. The van der Waals surface area contributed by atoms with Crippen LogP contribution in [0.1, 0.15) is 16.7 Å². The van der Waals surface area contributed by atoms with Crippen LogP contribution in [0.3, 0.4) is 0 Å². The number of benzene rings is 2. The number of rotatable bonds is 4. The van der Waals surface area contributed by atoms with Crippen molar-refractivity contribution in [3.63, 3.8) is 0 Å². The summed E-state index contributed by atoms with van der Waals surface area (Å²) >= 11 is 0. The number of carbonyl (C=O) groups excluding carboxylic acids is 2. The maximum atomic E-state index is 12.5. The molecule has 1 heterocycles. The Morgan fingerprint density at radius 3 is 2.72 bits per heavy atom. The summed E-state index contributed by atoms with van der Waals surface area (Å²) in [5.74, 6) is 0.335. The fraction of sp³-hybridized carbons (Fsp3) is 0.300. The summed E-state index contributed by atoms with van der Waals surface area (Å²) in [7, 11) is 1.62. The predicted molar refractivity (Wildman–Crippen MR) is 96.7 cm³/mol. The van der Waals surface area contributed by atoms with E-state index in [2.05, 4.69) is 5.32 Å². The zero-order valence-electron chi connectivity index (χ0n) is 14.7. The molecule has 2 aromatic rings. The topological polar surface area (TPSA) is 58.6 Å². The Labute approximate surface area is 147 Å². The molecule has 0 saturated heterocycles. The van der Waals surface area contributed by atoms with Gasteiger partial charge in [-0.05, 0) is 42.7 Å². The Balaban J connectivity index is 1.58. The van der Waals surface area contributed by atoms with Crippen molar-refractivity contribution >= 4 is 17.5 Å². The molecule has 2 aromatic carbocycles. The number of anilines is 1. The summed E-state index contributed by atoms with van der Waals surface area (Å²) < 4.78 is 5.70. The summed E-state index contributed by atoms with van der Waals surface area (Å²) in [6.07, 6.45) is -0.0197. The Bertz CT molecular complexity index is 791. The molecule has 1 aliphatic rings. The van der Waals surface area contributed by atoms with Crippen molar-refractivity contribution in [2.24, 2.45) is 0 Å². The fourth-order valence-corrected chi connectivity index (χ4v) is 2.92. The van der Waals surface area contributed by atoms with E-state index in [4.69, 9.17) is 4.74 Å². The highest BCUT2D eigenvalue weighted by Crippen LogP contribution is 2.28. The molecule has 1 N–H and O–H groups in total. The first-order chi connectivity index (χ1) is 11.9. The number of carbonyl (C=O) groups is 2. The van der Waals surface area contributed by atoms with Crippen LogP contribution >= 0.6 is 0 Å². The van der Waals surface area contributed by atoms with Crippen molar-refractivity contribution in [3.05, 3.63) is 59.2 Å². The van der Waals surface area contributed by atoms with Gasteiger partial charge in [-0.15, -0.1) is 0 Å². The van der Waals surface area contributed by atoms with Crippen LogP contribution in [-0.2, 0) is 16.0 Å². The maximum Gasteiger partial charge on any atom is 0.264 e. The Hall–Kier alpha value is -2.82. The first-order valence-electron chi connectivity index (χ1n) is 8.30. The number of para-hydroxylation sites is 1. The van der Waals surface area contributed by atoms with Crippen molar-refractivity contribution in [2.45, 2.75) is 26.4 Å². The third-order valence-electron chi connectivity index (χ3n) is 4.35. The van der Waals surface area contributed by atoms with Crippen LogP contribution in [-0.4, -0.2) is 36.4 Å². The van der Waals surface area contributed by atoms with Gasteiger partial charge >= 0.3 is 0 Å². The van der Waals surface area contributed by atoms with E-state index in [1.54, 1.807) is 7.05 Å². The smallest absolute Gasteiger partial charge is 0.264 e. The van der Waals surface area contributed by atoms with Crippen molar-refractivity contribution in [1.29, 1.82) is 0 Å². The number of ether oxygens (including phenoxy) is 1. The molecular weight excluding hydrogens is 316 g/mol. The molecule has 0 radical (unpaired) electrons. The SMILES string of the molecule is Cc1ccc(C)c(NC(=O)CN(C)C(=O)[C@H]2Cc3ccccc3O2)c1. The molecule has 2 amide bonds. The van der Waals surface area contributed by atoms with Crippen LogP contribution < -0.4 is 10.1 Å². The first kappa shape index (κ1) is 17.0. The third-order valence-corrected chi connectivity index (χ3v) is 4.35. The second-order valence-corrected chi connectivity index (χ2v) is 6.48. The molecule has 25 heavy (non-hydrogen) atoms. The normalized spacial score (nSPS) is 15.2. The second-order valence-electron chi connectivity index (χ2n) is 6.48.